The molecule has 3 aliphatic carbocycles. The Morgan fingerprint density at radius 3 is 0.920 bits per heavy atom. The van der Waals surface area contributed by atoms with Gasteiger partial charge in [0.1, 0.15) is 19.8 Å². The first kappa shape index (κ1) is 64.4. The standard InChI is InChI=1S/C63H93NO24/c1-34-10-13-43-37(4)52(77-55-61(43)40(34)22-25-58(7,80-55)83-86-61)74-49(68)19-16-46(65)71-31-28-64(29-32-72-47(66)17-20-50(69)75-53-38(5)44-14-11-35(2)41-23-26-59(8)81-56(78-53)62(41,44)87-84-59)30-33-73-48(67)18-21-51(70)76-54-39(6)45-15-12-36(3)42-24-27-60(9)82-57(79-54)63(42,45)88-85-60/h34-45,52-57H,10-33H2,1-9H3/t34-,35-,36-,37-,38-,39-,40+,41+,42+,43+,44+,45+,52-,53-,54-,55-,56-,57-,58+,59+,60+,61-,62-,63-/m1/s1. The maximum absolute atomic E-state index is 13.3. The van der Waals surface area contributed by atoms with Gasteiger partial charge in [-0.3, -0.25) is 33.7 Å². The molecule has 494 valence electrons. The summed E-state index contributed by atoms with van der Waals surface area (Å²) < 4.78 is 72.6. The molecule has 12 saturated heterocycles. The molecule has 15 fully saturated rings. The van der Waals surface area contributed by atoms with Crippen molar-refractivity contribution < 1.29 is 115 Å². The van der Waals surface area contributed by atoms with Crippen LogP contribution in [0.15, 0.2) is 0 Å². The summed E-state index contributed by atoms with van der Waals surface area (Å²) in [6, 6.07) is 0. The fraction of sp³-hybridized carbons (Fsp3) is 0.905. The molecule has 15 rings (SSSR count). The van der Waals surface area contributed by atoms with Gasteiger partial charge in [-0.25, -0.2) is 29.3 Å². The Labute approximate surface area is 514 Å². The Balaban J connectivity index is 0.605. The average molecular weight is 1250 g/mol. The van der Waals surface area contributed by atoms with Crippen molar-refractivity contribution in [1.82, 2.24) is 4.90 Å². The summed E-state index contributed by atoms with van der Waals surface area (Å²) in [4.78, 5) is 117. The van der Waals surface area contributed by atoms with Gasteiger partial charge in [-0.15, -0.1) is 0 Å². The fourth-order valence-electron chi connectivity index (χ4n) is 17.6. The van der Waals surface area contributed by atoms with E-state index >= 15 is 0 Å². The maximum atomic E-state index is 13.3. The molecule has 6 bridgehead atoms. The van der Waals surface area contributed by atoms with Gasteiger partial charge in [0.2, 0.25) is 36.2 Å². The van der Waals surface area contributed by atoms with E-state index in [0.29, 0.717) is 37.0 Å². The van der Waals surface area contributed by atoms with E-state index < -0.39 is 108 Å². The molecule has 0 radical (unpaired) electrons. The first-order chi connectivity index (χ1) is 42.0. The second-order valence-corrected chi connectivity index (χ2v) is 28.3. The van der Waals surface area contributed by atoms with Crippen LogP contribution in [0.1, 0.15) is 178 Å². The van der Waals surface area contributed by atoms with Crippen LogP contribution in [-0.4, -0.2) is 152 Å². The predicted octanol–water partition coefficient (Wildman–Crippen LogP) is 7.51. The highest BCUT2D eigenvalue weighted by Gasteiger charge is 2.73. The van der Waals surface area contributed by atoms with Crippen LogP contribution in [0.4, 0.5) is 0 Å². The zero-order valence-corrected chi connectivity index (χ0v) is 52.6. The molecule has 0 N–H and O–H groups in total. The van der Waals surface area contributed by atoms with Gasteiger partial charge in [-0.2, -0.15) is 0 Å². The predicted molar refractivity (Wildman–Crippen MR) is 296 cm³/mol. The van der Waals surface area contributed by atoms with Crippen LogP contribution < -0.4 is 0 Å². The highest BCUT2D eigenvalue weighted by molar-refractivity contribution is 5.79. The Morgan fingerprint density at radius 2 is 0.636 bits per heavy atom. The Morgan fingerprint density at radius 1 is 0.364 bits per heavy atom. The lowest BCUT2D eigenvalue weighted by molar-refractivity contribution is -0.576. The van der Waals surface area contributed by atoms with Crippen molar-refractivity contribution in [3.05, 3.63) is 0 Å². The van der Waals surface area contributed by atoms with Crippen LogP contribution in [0.25, 0.3) is 0 Å². The first-order valence-corrected chi connectivity index (χ1v) is 32.8. The van der Waals surface area contributed by atoms with Gasteiger partial charge in [0.05, 0.1) is 38.5 Å². The number of nitrogens with zero attached hydrogens (tertiary/aromatic N) is 1. The lowest BCUT2D eigenvalue weighted by Crippen LogP contribution is -2.70. The van der Waals surface area contributed by atoms with Crippen LogP contribution >= 0.6 is 0 Å². The second-order valence-electron chi connectivity index (χ2n) is 28.3. The molecule has 0 amide bonds. The lowest BCUT2D eigenvalue weighted by Gasteiger charge is -2.59. The van der Waals surface area contributed by atoms with Crippen molar-refractivity contribution in [2.75, 3.05) is 39.5 Å². The molecule has 25 nitrogen and oxygen atoms in total. The summed E-state index contributed by atoms with van der Waals surface area (Å²) in [6.07, 6.45) is 3.12. The minimum atomic E-state index is -0.994. The third-order valence-corrected chi connectivity index (χ3v) is 22.6. The van der Waals surface area contributed by atoms with Crippen LogP contribution in [0.3, 0.4) is 0 Å². The summed E-state index contributed by atoms with van der Waals surface area (Å²) in [5.41, 5.74) is -2.47. The molecule has 0 unspecified atom stereocenters. The van der Waals surface area contributed by atoms with Gasteiger partial charge in [-0.05, 0) is 114 Å². The Hall–Kier alpha value is -3.70. The number of rotatable bonds is 21. The largest absolute Gasteiger partial charge is 0.464 e. The third kappa shape index (κ3) is 12.1. The Kier molecular flexibility index (Phi) is 18.5. The number of fused-ring (bicyclic) bond motifs is 6. The van der Waals surface area contributed by atoms with E-state index in [4.69, 9.17) is 86.2 Å². The number of carbonyl (C=O) groups excluding carboxylic acids is 6. The monoisotopic (exact) mass is 1250 g/mol. The zero-order valence-electron chi connectivity index (χ0n) is 52.6. The van der Waals surface area contributed by atoms with E-state index in [9.17, 15) is 28.8 Å². The third-order valence-electron chi connectivity index (χ3n) is 22.6. The average Bonchev–Trinajstić information content (AvgIpc) is 1.43. The van der Waals surface area contributed by atoms with Gasteiger partial charge in [0, 0.05) is 74.4 Å². The van der Waals surface area contributed by atoms with E-state index in [1.54, 1.807) is 4.90 Å². The van der Waals surface area contributed by atoms with Gasteiger partial charge in [0.25, 0.3) is 0 Å². The fourth-order valence-corrected chi connectivity index (χ4v) is 17.6. The van der Waals surface area contributed by atoms with Crippen molar-refractivity contribution >= 4 is 35.8 Å². The molecule has 25 heteroatoms. The van der Waals surface area contributed by atoms with Crippen molar-refractivity contribution in [3.8, 4) is 0 Å². The molecule has 15 aliphatic rings. The van der Waals surface area contributed by atoms with E-state index in [1.165, 1.54) is 0 Å². The number of hydrogen-bond donors (Lipinski definition) is 0. The summed E-state index contributed by atoms with van der Waals surface area (Å²) in [6.45, 7) is 18.0. The summed E-state index contributed by atoms with van der Waals surface area (Å²) in [5, 5.41) is 0. The number of ether oxygens (including phenoxy) is 12. The molecule has 12 heterocycles. The van der Waals surface area contributed by atoms with Crippen LogP contribution in [0, 0.1) is 71.0 Å². The van der Waals surface area contributed by atoms with Gasteiger partial charge in [-0.1, -0.05) is 41.5 Å². The quantitative estimate of drug-likeness (QED) is 0.0610. The highest BCUT2D eigenvalue weighted by atomic mass is 17.3. The smallest absolute Gasteiger partial charge is 0.308 e. The van der Waals surface area contributed by atoms with Crippen LogP contribution in [0.2, 0.25) is 0 Å². The number of esters is 6. The van der Waals surface area contributed by atoms with Gasteiger partial charge >= 0.3 is 35.8 Å². The van der Waals surface area contributed by atoms with Gasteiger partial charge < -0.3 is 56.8 Å². The summed E-state index contributed by atoms with van der Waals surface area (Å²) >= 11 is 0. The second kappa shape index (κ2) is 25.3. The molecule has 3 spiro atoms. The van der Waals surface area contributed by atoms with Crippen molar-refractivity contribution in [2.24, 2.45) is 71.0 Å². The van der Waals surface area contributed by atoms with Crippen molar-refractivity contribution in [1.29, 1.82) is 0 Å². The minimum Gasteiger partial charge on any atom is -0.464 e. The number of hydrogen-bond acceptors (Lipinski definition) is 25. The van der Waals surface area contributed by atoms with E-state index in [0.717, 1.165) is 57.8 Å². The molecule has 12 aliphatic heterocycles. The molecule has 0 aromatic heterocycles. The maximum Gasteiger partial charge on any atom is 0.308 e. The van der Waals surface area contributed by atoms with E-state index in [-0.39, 0.29) is 131 Å². The van der Waals surface area contributed by atoms with E-state index in [1.807, 2.05) is 41.5 Å². The normalized spacial score (nSPS) is 45.9. The Bertz CT molecular complexity index is 2320. The molecular formula is C63H93NO24. The molecular weight excluding hydrogens is 1150 g/mol. The molecule has 3 saturated carbocycles. The molecule has 88 heavy (non-hydrogen) atoms. The SMILES string of the molecule is C[C@H]1[C@H](OC(=O)CCC(=O)OCCN(CCOC(=O)CCC(=O)O[C@@H]2O[C@@H]3O[C@]4(C)CC[C@H]5[C@H](C)CC[C@@H]([C@H]2C)[C@@]35OO4)CCOC(=O)CCC(=O)O[C@@H]2O[C@@H]3O[C@]4(C)CC[C@H]5[C@H](C)CC[C@@H]([C@H]2C)[C@@]35OO4)O[C@@H]2O[C@]3(C)CC[C@H]4[C@H](C)CC[C@@H]1[C@@]24OO3. The topological polar surface area (TPSA) is 272 Å². The lowest BCUT2D eigenvalue weighted by atomic mass is 9.58. The van der Waals surface area contributed by atoms with Crippen LogP contribution in [0.5, 0.6) is 0 Å². The molecule has 0 aromatic rings. The molecule has 0 aromatic carbocycles. The molecule has 24 atom stereocenters. The van der Waals surface area contributed by atoms with Crippen molar-refractivity contribution in [3.63, 3.8) is 0 Å². The van der Waals surface area contributed by atoms with Crippen molar-refractivity contribution in [2.45, 2.75) is 250 Å². The number of carbonyl (C=O) groups is 6. The first-order valence-electron chi connectivity index (χ1n) is 32.8. The zero-order chi connectivity index (χ0) is 62.1. The van der Waals surface area contributed by atoms with Gasteiger partial charge in [0.15, 0.2) is 35.7 Å². The highest BCUT2D eigenvalue weighted by Crippen LogP contribution is 2.64. The summed E-state index contributed by atoms with van der Waals surface area (Å²) in [5.74, 6) is -6.21. The summed E-state index contributed by atoms with van der Waals surface area (Å²) in [7, 11) is 0. The van der Waals surface area contributed by atoms with E-state index in [2.05, 4.69) is 20.8 Å². The van der Waals surface area contributed by atoms with Crippen LogP contribution in [-0.2, 0) is 115 Å². The minimum absolute atomic E-state index is 0.0554.